The van der Waals surface area contributed by atoms with Gasteiger partial charge in [0.25, 0.3) is 0 Å². The Morgan fingerprint density at radius 2 is 0.500 bits per heavy atom. The Kier molecular flexibility index (Phi) is 71.8. The molecule has 0 aliphatic heterocycles. The topological polar surface area (TPSA) is 237 Å². The molecule has 0 radical (unpaired) electrons. The maximum atomic E-state index is 13.1. The summed E-state index contributed by atoms with van der Waals surface area (Å²) in [5.74, 6) is 0.298. The van der Waals surface area contributed by atoms with Gasteiger partial charge in [0.15, 0.2) is 12.2 Å². The first-order chi connectivity index (χ1) is 49.3. The molecular weight excluding hydrogens is 1330 g/mol. The number of phosphoric acid groups is 2. The van der Waals surface area contributed by atoms with Gasteiger partial charge >= 0.3 is 39.5 Å². The van der Waals surface area contributed by atoms with E-state index in [1.807, 2.05) is 0 Å². The van der Waals surface area contributed by atoms with Crippen LogP contribution in [0.2, 0.25) is 0 Å². The van der Waals surface area contributed by atoms with Gasteiger partial charge in [-0.2, -0.15) is 0 Å². The van der Waals surface area contributed by atoms with Crippen LogP contribution in [-0.2, 0) is 65.4 Å². The predicted octanol–water partition coefficient (Wildman–Crippen LogP) is 24.9. The van der Waals surface area contributed by atoms with E-state index in [9.17, 15) is 43.2 Å². The van der Waals surface area contributed by atoms with E-state index in [2.05, 4.69) is 48.5 Å². The number of rotatable bonds is 81. The van der Waals surface area contributed by atoms with Crippen LogP contribution in [0.1, 0.15) is 434 Å². The molecule has 0 spiro atoms. The summed E-state index contributed by atoms with van der Waals surface area (Å²) in [6.45, 7) is 12.0. The standard InChI is InChI=1S/C83H162O17P2/c1-8-10-11-12-13-14-27-36-43-50-57-64-80(85)93-71-79(100-83(88)67-60-53-46-39-32-34-41-48-55-62-75(5)6)73-98-102(91,92)96-69-77(84)68-95-101(89,90)97-72-78(70-94-81(86)65-58-51-44-37-30-25-22-21-23-28-33-40-47-54-61-74(3)4)99-82(87)66-59-52-45-38-31-26-20-18-16-15-17-19-24-29-35-42-49-56-63-76(7)9-2/h74-79,84H,8-73H2,1-7H3,(H,89,90)(H,91,92)/t76?,77-,78-,79-/m1/s1. The summed E-state index contributed by atoms with van der Waals surface area (Å²) >= 11 is 0. The van der Waals surface area contributed by atoms with Crippen molar-refractivity contribution in [2.24, 2.45) is 17.8 Å². The van der Waals surface area contributed by atoms with Crippen molar-refractivity contribution < 1.29 is 80.2 Å². The van der Waals surface area contributed by atoms with Crippen LogP contribution in [0.25, 0.3) is 0 Å². The van der Waals surface area contributed by atoms with Gasteiger partial charge in [0.05, 0.1) is 26.4 Å². The van der Waals surface area contributed by atoms with Gasteiger partial charge in [-0.05, 0) is 43.4 Å². The summed E-state index contributed by atoms with van der Waals surface area (Å²) in [4.78, 5) is 73.1. The maximum Gasteiger partial charge on any atom is 0.472 e. The number of hydrogen-bond acceptors (Lipinski definition) is 15. The van der Waals surface area contributed by atoms with Crippen molar-refractivity contribution in [2.75, 3.05) is 39.6 Å². The van der Waals surface area contributed by atoms with Gasteiger partial charge in [0.2, 0.25) is 0 Å². The molecule has 0 aromatic heterocycles. The zero-order chi connectivity index (χ0) is 75.1. The van der Waals surface area contributed by atoms with E-state index in [0.29, 0.717) is 25.7 Å². The molecule has 0 bridgehead atoms. The number of aliphatic hydroxyl groups is 1. The number of carbonyl (C=O) groups excluding carboxylic acids is 4. The largest absolute Gasteiger partial charge is 0.472 e. The van der Waals surface area contributed by atoms with Gasteiger partial charge in [-0.3, -0.25) is 37.3 Å². The smallest absolute Gasteiger partial charge is 0.462 e. The van der Waals surface area contributed by atoms with Crippen LogP contribution in [0, 0.1) is 17.8 Å². The van der Waals surface area contributed by atoms with Crippen LogP contribution in [-0.4, -0.2) is 96.7 Å². The van der Waals surface area contributed by atoms with Gasteiger partial charge in [0, 0.05) is 25.7 Å². The Hall–Kier alpha value is -1.94. The molecule has 19 heteroatoms. The molecule has 0 saturated carbocycles. The molecule has 102 heavy (non-hydrogen) atoms. The molecule has 0 saturated heterocycles. The molecule has 0 heterocycles. The van der Waals surface area contributed by atoms with Crippen molar-refractivity contribution in [3.63, 3.8) is 0 Å². The summed E-state index contributed by atoms with van der Waals surface area (Å²) in [6.07, 6.45) is 62.4. The third-order valence-corrected chi connectivity index (χ3v) is 21.6. The van der Waals surface area contributed by atoms with Crippen LogP contribution < -0.4 is 0 Å². The molecule has 606 valence electrons. The van der Waals surface area contributed by atoms with E-state index < -0.39 is 97.5 Å². The first kappa shape index (κ1) is 100. The molecule has 0 rings (SSSR count). The lowest BCUT2D eigenvalue weighted by molar-refractivity contribution is -0.161. The number of esters is 4. The summed E-state index contributed by atoms with van der Waals surface area (Å²) in [6, 6.07) is 0. The van der Waals surface area contributed by atoms with Crippen molar-refractivity contribution in [1.82, 2.24) is 0 Å². The number of unbranched alkanes of at least 4 members (excludes halogenated alkanes) is 48. The minimum absolute atomic E-state index is 0.106. The fraction of sp³-hybridized carbons (Fsp3) is 0.952. The Labute approximate surface area is 626 Å². The lowest BCUT2D eigenvalue weighted by Crippen LogP contribution is -2.30. The highest BCUT2D eigenvalue weighted by molar-refractivity contribution is 7.47. The fourth-order valence-corrected chi connectivity index (χ4v) is 14.4. The SMILES string of the molecule is CCCCCCCCCCCCCC(=O)OC[C@H](COP(=O)(O)OC[C@H](O)COP(=O)(O)OC[C@@H](COC(=O)CCCCCCCCCCCCCCCCC(C)C)OC(=O)CCCCCCCCCCCCCCCCCCCCC(C)CC)OC(=O)CCCCCCCCCCCC(C)C. The second-order valence-electron chi connectivity index (χ2n) is 31.1. The lowest BCUT2D eigenvalue weighted by Gasteiger charge is -2.21. The second-order valence-corrected chi connectivity index (χ2v) is 34.0. The molecule has 0 aromatic rings. The highest BCUT2D eigenvalue weighted by Gasteiger charge is 2.30. The molecule has 6 atom stereocenters. The predicted molar refractivity (Wildman–Crippen MR) is 418 cm³/mol. The van der Waals surface area contributed by atoms with Crippen molar-refractivity contribution in [3.8, 4) is 0 Å². The first-order valence-electron chi connectivity index (χ1n) is 42.9. The van der Waals surface area contributed by atoms with E-state index in [4.69, 9.17) is 37.0 Å². The number of ether oxygens (including phenoxy) is 4. The summed E-state index contributed by atoms with van der Waals surface area (Å²) < 4.78 is 68.8. The van der Waals surface area contributed by atoms with Crippen LogP contribution in [0.4, 0.5) is 0 Å². The van der Waals surface area contributed by atoms with Gasteiger partial charge < -0.3 is 33.8 Å². The molecule has 3 unspecified atom stereocenters. The van der Waals surface area contributed by atoms with Crippen molar-refractivity contribution >= 4 is 39.5 Å². The quantitative estimate of drug-likeness (QED) is 0.0222. The highest BCUT2D eigenvalue weighted by Crippen LogP contribution is 2.45. The summed E-state index contributed by atoms with van der Waals surface area (Å²) in [5.41, 5.74) is 0. The zero-order valence-electron chi connectivity index (χ0n) is 67.1. The van der Waals surface area contributed by atoms with Gasteiger partial charge in [-0.15, -0.1) is 0 Å². The van der Waals surface area contributed by atoms with Crippen LogP contribution in [0.3, 0.4) is 0 Å². The molecule has 0 aliphatic carbocycles. The average molecular weight is 1490 g/mol. The second kappa shape index (κ2) is 73.2. The minimum Gasteiger partial charge on any atom is -0.462 e. The average Bonchev–Trinajstić information content (AvgIpc) is 0.909. The van der Waals surface area contributed by atoms with Crippen LogP contribution >= 0.6 is 15.6 Å². The number of phosphoric ester groups is 2. The molecule has 0 fully saturated rings. The highest BCUT2D eigenvalue weighted by atomic mass is 31.2. The van der Waals surface area contributed by atoms with E-state index in [0.717, 1.165) is 108 Å². The molecule has 3 N–H and O–H groups in total. The van der Waals surface area contributed by atoms with Gasteiger partial charge in [-0.1, -0.05) is 382 Å². The monoisotopic (exact) mass is 1490 g/mol. The number of hydrogen-bond donors (Lipinski definition) is 3. The van der Waals surface area contributed by atoms with Crippen molar-refractivity contribution in [3.05, 3.63) is 0 Å². The first-order valence-corrected chi connectivity index (χ1v) is 45.9. The van der Waals surface area contributed by atoms with E-state index in [-0.39, 0.29) is 25.7 Å². The number of aliphatic hydroxyl groups excluding tert-OH is 1. The Balaban J connectivity index is 5.22. The Morgan fingerprint density at radius 3 is 0.745 bits per heavy atom. The maximum absolute atomic E-state index is 13.1. The molecule has 0 aliphatic rings. The fourth-order valence-electron chi connectivity index (χ4n) is 12.8. The van der Waals surface area contributed by atoms with Crippen molar-refractivity contribution in [2.45, 2.75) is 452 Å². The molecule has 0 amide bonds. The summed E-state index contributed by atoms with van der Waals surface area (Å²) in [7, 11) is -9.92. The normalized spacial score (nSPS) is 14.2. The van der Waals surface area contributed by atoms with Crippen LogP contribution in [0.5, 0.6) is 0 Å². The third kappa shape index (κ3) is 74.9. The Bertz CT molecular complexity index is 1980. The minimum atomic E-state index is -4.96. The molecule has 0 aromatic carbocycles. The Morgan fingerprint density at radius 1 is 0.284 bits per heavy atom. The molecular formula is C83H162O17P2. The van der Waals surface area contributed by atoms with Crippen molar-refractivity contribution in [1.29, 1.82) is 0 Å². The lowest BCUT2D eigenvalue weighted by atomic mass is 9.99. The van der Waals surface area contributed by atoms with E-state index in [1.165, 1.54) is 244 Å². The summed E-state index contributed by atoms with van der Waals surface area (Å²) in [5, 5.41) is 10.6. The van der Waals surface area contributed by atoms with E-state index >= 15 is 0 Å². The van der Waals surface area contributed by atoms with Gasteiger partial charge in [-0.25, -0.2) is 9.13 Å². The van der Waals surface area contributed by atoms with Gasteiger partial charge in [0.1, 0.15) is 19.3 Å². The molecule has 17 nitrogen and oxygen atoms in total. The van der Waals surface area contributed by atoms with Crippen LogP contribution in [0.15, 0.2) is 0 Å². The third-order valence-electron chi connectivity index (χ3n) is 19.7. The zero-order valence-corrected chi connectivity index (χ0v) is 68.9. The van der Waals surface area contributed by atoms with E-state index in [1.54, 1.807) is 0 Å². The number of carbonyl (C=O) groups is 4.